The Kier molecular flexibility index (Phi) is 6.65. The second kappa shape index (κ2) is 9.52. The molecule has 37 heavy (non-hydrogen) atoms. The van der Waals surface area contributed by atoms with Crippen molar-refractivity contribution in [1.82, 2.24) is 0 Å². The number of fused-ring (bicyclic) bond motifs is 4. The summed E-state index contributed by atoms with van der Waals surface area (Å²) in [6.45, 7) is 3.91. The molecule has 1 aliphatic heterocycles. The Morgan fingerprint density at radius 2 is 1.30 bits per heavy atom. The molecule has 1 spiro atoms. The van der Waals surface area contributed by atoms with Crippen LogP contribution in [0.5, 0.6) is 23.0 Å². The van der Waals surface area contributed by atoms with Gasteiger partial charge in [0.1, 0.15) is 17.1 Å². The molecule has 0 unspecified atom stereocenters. The largest absolute Gasteiger partial charge is 0.482 e. The van der Waals surface area contributed by atoms with Gasteiger partial charge in [0.05, 0.1) is 10.0 Å². The Labute approximate surface area is 225 Å². The van der Waals surface area contributed by atoms with E-state index in [1.807, 2.05) is 6.07 Å². The van der Waals surface area contributed by atoms with E-state index in [2.05, 4.69) is 0 Å². The molecular formula is C28H28Cl2O7. The van der Waals surface area contributed by atoms with Gasteiger partial charge in [0.25, 0.3) is 0 Å². The van der Waals surface area contributed by atoms with Crippen molar-refractivity contribution in [2.24, 2.45) is 5.92 Å². The van der Waals surface area contributed by atoms with Crippen LogP contribution in [0.4, 0.5) is 0 Å². The summed E-state index contributed by atoms with van der Waals surface area (Å²) in [7, 11) is 0. The van der Waals surface area contributed by atoms with Crippen molar-refractivity contribution in [3.05, 3.63) is 45.4 Å². The minimum absolute atomic E-state index is 0.0654. The van der Waals surface area contributed by atoms with Gasteiger partial charge in [0, 0.05) is 55.4 Å². The minimum atomic E-state index is -0.859. The van der Waals surface area contributed by atoms with Crippen LogP contribution in [0.2, 0.25) is 10.0 Å². The molecule has 0 radical (unpaired) electrons. The number of halogens is 2. The molecule has 196 valence electrons. The van der Waals surface area contributed by atoms with Gasteiger partial charge in [0.15, 0.2) is 11.5 Å². The van der Waals surface area contributed by atoms with Crippen molar-refractivity contribution in [3.8, 4) is 23.0 Å². The molecule has 9 heteroatoms. The first kappa shape index (κ1) is 25.9. The van der Waals surface area contributed by atoms with Crippen molar-refractivity contribution < 1.29 is 33.3 Å². The maximum atomic E-state index is 12.1. The first-order valence-corrected chi connectivity index (χ1v) is 13.2. The Hall–Kier alpha value is -2.77. The maximum Gasteiger partial charge on any atom is 0.308 e. The molecule has 1 heterocycles. The highest BCUT2D eigenvalue weighted by Crippen LogP contribution is 2.66. The smallest absolute Gasteiger partial charge is 0.308 e. The van der Waals surface area contributed by atoms with Crippen LogP contribution < -0.4 is 18.9 Å². The fourth-order valence-corrected chi connectivity index (χ4v) is 7.19. The predicted octanol–water partition coefficient (Wildman–Crippen LogP) is 6.67. The van der Waals surface area contributed by atoms with E-state index in [-0.39, 0.29) is 33.6 Å². The zero-order chi connectivity index (χ0) is 26.5. The lowest BCUT2D eigenvalue weighted by Crippen LogP contribution is -2.51. The Morgan fingerprint density at radius 1 is 0.757 bits per heavy atom. The summed E-state index contributed by atoms with van der Waals surface area (Å²) in [5, 5.41) is 0.580. The molecule has 2 aromatic rings. The minimum Gasteiger partial charge on any atom is -0.482 e. The van der Waals surface area contributed by atoms with Crippen LogP contribution in [0.1, 0.15) is 76.8 Å². The van der Waals surface area contributed by atoms with Gasteiger partial charge < -0.3 is 18.9 Å². The lowest BCUT2D eigenvalue weighted by atomic mass is 9.60. The number of rotatable bonds is 4. The SMILES string of the molecule is CC(=O)Oc1cc2c(cc1Cl)C1(CCCC1)[C@H]1CCC[C@]1(c1cc(Cl)c(OC(C)=O)cc1OC(C)=O)O2. The van der Waals surface area contributed by atoms with Gasteiger partial charge in [-0.15, -0.1) is 0 Å². The second-order valence-electron chi connectivity index (χ2n) is 10.1. The van der Waals surface area contributed by atoms with E-state index < -0.39 is 23.5 Å². The molecule has 0 N–H and O–H groups in total. The summed E-state index contributed by atoms with van der Waals surface area (Å²) in [6, 6.07) is 6.74. The summed E-state index contributed by atoms with van der Waals surface area (Å²) >= 11 is 13.2. The lowest BCUT2D eigenvalue weighted by Gasteiger charge is -2.52. The molecule has 2 fully saturated rings. The normalized spacial score (nSPS) is 23.1. The monoisotopic (exact) mass is 546 g/mol. The number of hydrogen-bond acceptors (Lipinski definition) is 7. The van der Waals surface area contributed by atoms with Gasteiger partial charge in [-0.3, -0.25) is 14.4 Å². The van der Waals surface area contributed by atoms with Crippen LogP contribution in [0.15, 0.2) is 24.3 Å². The third-order valence-corrected chi connectivity index (χ3v) is 8.47. The van der Waals surface area contributed by atoms with Gasteiger partial charge in [-0.1, -0.05) is 36.0 Å². The molecule has 0 saturated heterocycles. The molecule has 0 amide bonds. The second-order valence-corrected chi connectivity index (χ2v) is 11.0. The summed E-state index contributed by atoms with van der Waals surface area (Å²) in [6.07, 6.45) is 6.53. The average molecular weight is 547 g/mol. The topological polar surface area (TPSA) is 88.1 Å². The summed E-state index contributed by atoms with van der Waals surface area (Å²) in [4.78, 5) is 35.5. The zero-order valence-electron chi connectivity index (χ0n) is 21.0. The molecule has 0 bridgehead atoms. The van der Waals surface area contributed by atoms with E-state index >= 15 is 0 Å². The maximum absolute atomic E-state index is 12.1. The van der Waals surface area contributed by atoms with Gasteiger partial charge >= 0.3 is 17.9 Å². The van der Waals surface area contributed by atoms with Gasteiger partial charge in [-0.2, -0.15) is 0 Å². The van der Waals surface area contributed by atoms with Gasteiger partial charge in [-0.25, -0.2) is 0 Å². The standard InChI is InChI=1S/C28H28Cl2O7/c1-15(31)34-22-13-24(35-16(2)32)21(30)12-19(22)28-10-6-7-26(28)27(8-4-5-9-27)18-11-20(29)25(36-17(3)33)14-23(18)37-28/h11-14,26H,4-10H2,1-3H3/t26-,28-/m1/s1. The molecule has 2 atom stereocenters. The number of ether oxygens (including phenoxy) is 4. The number of carbonyl (C=O) groups excluding carboxylic acids is 3. The molecule has 0 aromatic heterocycles. The molecule has 5 rings (SSSR count). The van der Waals surface area contributed by atoms with E-state index in [0.717, 1.165) is 44.1 Å². The Bertz CT molecular complexity index is 1300. The summed E-state index contributed by atoms with van der Waals surface area (Å²) < 4.78 is 23.2. The molecule has 3 aliphatic rings. The summed E-state index contributed by atoms with van der Waals surface area (Å²) in [5.41, 5.74) is 0.580. The van der Waals surface area contributed by atoms with Crippen LogP contribution in [-0.4, -0.2) is 17.9 Å². The third-order valence-electron chi connectivity index (χ3n) is 7.88. The highest BCUT2D eigenvalue weighted by atomic mass is 35.5. The first-order chi connectivity index (χ1) is 17.6. The van der Waals surface area contributed by atoms with Crippen molar-refractivity contribution in [1.29, 1.82) is 0 Å². The number of esters is 3. The van der Waals surface area contributed by atoms with Crippen LogP contribution >= 0.6 is 23.2 Å². The average Bonchev–Trinajstić information content (AvgIpc) is 3.45. The van der Waals surface area contributed by atoms with E-state index in [0.29, 0.717) is 22.8 Å². The van der Waals surface area contributed by atoms with Crippen molar-refractivity contribution in [2.75, 3.05) is 0 Å². The van der Waals surface area contributed by atoms with Gasteiger partial charge in [0.2, 0.25) is 0 Å². The van der Waals surface area contributed by atoms with Crippen LogP contribution in [-0.2, 0) is 25.4 Å². The molecule has 2 saturated carbocycles. The molecule has 2 aromatic carbocycles. The van der Waals surface area contributed by atoms with Crippen LogP contribution in [0.25, 0.3) is 0 Å². The van der Waals surface area contributed by atoms with Crippen molar-refractivity contribution in [2.45, 2.75) is 76.7 Å². The van der Waals surface area contributed by atoms with Crippen molar-refractivity contribution >= 4 is 41.1 Å². The molecule has 7 nitrogen and oxygen atoms in total. The van der Waals surface area contributed by atoms with Crippen LogP contribution in [0, 0.1) is 5.92 Å². The van der Waals surface area contributed by atoms with E-state index in [1.54, 1.807) is 12.1 Å². The van der Waals surface area contributed by atoms with E-state index in [1.165, 1.54) is 26.8 Å². The predicted molar refractivity (Wildman–Crippen MR) is 137 cm³/mol. The van der Waals surface area contributed by atoms with Crippen molar-refractivity contribution in [3.63, 3.8) is 0 Å². The molecular weight excluding hydrogens is 519 g/mol. The highest BCUT2D eigenvalue weighted by molar-refractivity contribution is 6.32. The first-order valence-electron chi connectivity index (χ1n) is 12.5. The zero-order valence-corrected chi connectivity index (χ0v) is 22.5. The van der Waals surface area contributed by atoms with E-state index in [4.69, 9.17) is 42.1 Å². The van der Waals surface area contributed by atoms with Gasteiger partial charge in [-0.05, 0) is 44.2 Å². The quantitative estimate of drug-likeness (QED) is 0.312. The third kappa shape index (κ3) is 4.36. The van der Waals surface area contributed by atoms with Crippen LogP contribution in [0.3, 0.4) is 0 Å². The lowest BCUT2D eigenvalue weighted by molar-refractivity contribution is -0.133. The number of carbonyl (C=O) groups is 3. The molecule has 2 aliphatic carbocycles. The Morgan fingerprint density at radius 3 is 1.89 bits per heavy atom. The van der Waals surface area contributed by atoms with E-state index in [9.17, 15) is 14.4 Å². The Balaban J connectivity index is 1.73. The summed E-state index contributed by atoms with van der Waals surface area (Å²) in [5.74, 6) is -0.295. The number of benzene rings is 2. The number of hydrogen-bond donors (Lipinski definition) is 0. The fraction of sp³-hybridized carbons (Fsp3) is 0.464. The highest BCUT2D eigenvalue weighted by Gasteiger charge is 2.62. The fourth-order valence-electron chi connectivity index (χ4n) is 6.79.